The molecule has 6 heteroatoms. The maximum absolute atomic E-state index is 12.6. The van der Waals surface area contributed by atoms with E-state index in [1.54, 1.807) is 11.9 Å². The molecule has 2 fully saturated rings. The van der Waals surface area contributed by atoms with E-state index in [-0.39, 0.29) is 17.7 Å². The number of β-amino-alcohol motifs (C(OH)–C–C–N with tert-alkyl or cyclic N) is 1. The van der Waals surface area contributed by atoms with Gasteiger partial charge in [0.15, 0.2) is 0 Å². The number of hydrogen-bond donors (Lipinski definition) is 1. The molecular formula is C19H27N3O3. The average Bonchev–Trinajstić information content (AvgIpc) is 2.65. The lowest BCUT2D eigenvalue weighted by atomic mass is 9.94. The Hall–Kier alpha value is -1.92. The van der Waals surface area contributed by atoms with E-state index >= 15 is 0 Å². The Morgan fingerprint density at radius 1 is 1.16 bits per heavy atom. The number of piperidine rings is 1. The molecular weight excluding hydrogens is 318 g/mol. The molecule has 2 amide bonds. The third-order valence-corrected chi connectivity index (χ3v) is 5.31. The number of hydrogen-bond acceptors (Lipinski definition) is 4. The molecule has 0 aromatic heterocycles. The maximum atomic E-state index is 12.6. The number of carbonyl (C=O) groups is 2. The van der Waals surface area contributed by atoms with Crippen molar-refractivity contribution in [2.45, 2.75) is 18.9 Å². The number of benzene rings is 1. The highest BCUT2D eigenvalue weighted by molar-refractivity contribution is 5.87. The van der Waals surface area contributed by atoms with Gasteiger partial charge in [-0.3, -0.25) is 14.5 Å². The molecule has 25 heavy (non-hydrogen) atoms. The Morgan fingerprint density at radius 2 is 1.84 bits per heavy atom. The summed E-state index contributed by atoms with van der Waals surface area (Å²) in [5, 5.41) is 10.3. The number of likely N-dealkylation sites (tertiary alicyclic amines) is 1. The van der Waals surface area contributed by atoms with E-state index in [9.17, 15) is 14.7 Å². The average molecular weight is 345 g/mol. The summed E-state index contributed by atoms with van der Waals surface area (Å²) < 4.78 is 0. The van der Waals surface area contributed by atoms with Gasteiger partial charge in [0.2, 0.25) is 11.8 Å². The van der Waals surface area contributed by atoms with E-state index in [0.29, 0.717) is 32.6 Å². The number of amides is 2. The van der Waals surface area contributed by atoms with Crippen LogP contribution in [0.1, 0.15) is 24.5 Å². The van der Waals surface area contributed by atoms with Crippen LogP contribution in [0.3, 0.4) is 0 Å². The Balaban J connectivity index is 1.47. The lowest BCUT2D eigenvalue weighted by molar-refractivity contribution is -0.145. The first-order valence-electron chi connectivity index (χ1n) is 9.02. The van der Waals surface area contributed by atoms with Gasteiger partial charge in [0, 0.05) is 58.7 Å². The van der Waals surface area contributed by atoms with E-state index in [1.165, 1.54) is 0 Å². The van der Waals surface area contributed by atoms with Gasteiger partial charge >= 0.3 is 0 Å². The number of piperazine rings is 1. The highest BCUT2D eigenvalue weighted by atomic mass is 16.3. The molecule has 1 aromatic rings. The van der Waals surface area contributed by atoms with Crippen LogP contribution in [-0.2, 0) is 9.59 Å². The molecule has 1 N–H and O–H groups in total. The molecule has 2 atom stereocenters. The summed E-state index contributed by atoms with van der Waals surface area (Å²) >= 11 is 0. The third-order valence-electron chi connectivity index (χ3n) is 5.31. The van der Waals surface area contributed by atoms with Gasteiger partial charge in [0.1, 0.15) is 0 Å². The van der Waals surface area contributed by atoms with Gasteiger partial charge < -0.3 is 14.9 Å². The summed E-state index contributed by atoms with van der Waals surface area (Å²) in [4.78, 5) is 30.2. The van der Waals surface area contributed by atoms with Crippen LogP contribution in [-0.4, -0.2) is 77.9 Å². The normalized spacial score (nSPS) is 23.6. The number of aliphatic hydroxyl groups is 1. The Labute approximate surface area is 149 Å². The standard InChI is InChI=1S/C19H27N3O3/c1-20-8-7-16(13-18(20)24)19(25)22-11-9-21(10-12-22)14-17(23)15-5-3-2-4-6-15/h2-6,16-17,23H,7-14H2,1H3/t16-,17-/m1/s1. The zero-order valence-corrected chi connectivity index (χ0v) is 14.8. The number of rotatable bonds is 4. The molecule has 0 aliphatic carbocycles. The number of carbonyl (C=O) groups excluding carboxylic acids is 2. The zero-order valence-electron chi connectivity index (χ0n) is 14.8. The second kappa shape index (κ2) is 7.97. The first-order valence-corrected chi connectivity index (χ1v) is 9.02. The molecule has 1 aromatic carbocycles. The monoisotopic (exact) mass is 345 g/mol. The van der Waals surface area contributed by atoms with Crippen molar-refractivity contribution in [3.63, 3.8) is 0 Å². The predicted molar refractivity (Wildman–Crippen MR) is 94.8 cm³/mol. The SMILES string of the molecule is CN1CC[C@@H](C(=O)N2CCN(C[C@@H](O)c3ccccc3)CC2)CC1=O. The van der Waals surface area contributed by atoms with Crippen molar-refractivity contribution in [1.29, 1.82) is 0 Å². The first-order chi connectivity index (χ1) is 12.0. The van der Waals surface area contributed by atoms with Crippen LogP contribution in [0.2, 0.25) is 0 Å². The largest absolute Gasteiger partial charge is 0.387 e. The highest BCUT2D eigenvalue weighted by Gasteiger charge is 2.33. The predicted octanol–water partition coefficient (Wildman–Crippen LogP) is 0.733. The van der Waals surface area contributed by atoms with Crippen molar-refractivity contribution < 1.29 is 14.7 Å². The van der Waals surface area contributed by atoms with Crippen LogP contribution < -0.4 is 0 Å². The molecule has 2 saturated heterocycles. The molecule has 136 valence electrons. The van der Waals surface area contributed by atoms with Gasteiger partial charge in [0.25, 0.3) is 0 Å². The highest BCUT2D eigenvalue weighted by Crippen LogP contribution is 2.21. The fourth-order valence-corrected chi connectivity index (χ4v) is 3.59. The molecule has 0 radical (unpaired) electrons. The summed E-state index contributed by atoms with van der Waals surface area (Å²) in [6, 6.07) is 9.66. The summed E-state index contributed by atoms with van der Waals surface area (Å²) in [7, 11) is 1.79. The lowest BCUT2D eigenvalue weighted by Gasteiger charge is -2.38. The lowest BCUT2D eigenvalue weighted by Crippen LogP contribution is -2.52. The summed E-state index contributed by atoms with van der Waals surface area (Å²) in [6.07, 6.45) is 0.589. The topological polar surface area (TPSA) is 64.1 Å². The minimum absolute atomic E-state index is 0.0641. The molecule has 0 spiro atoms. The smallest absolute Gasteiger partial charge is 0.226 e. The molecule has 2 aliphatic rings. The van der Waals surface area contributed by atoms with Crippen molar-refractivity contribution >= 4 is 11.8 Å². The summed E-state index contributed by atoms with van der Waals surface area (Å²) in [5.41, 5.74) is 0.922. The first kappa shape index (κ1) is 17.9. The zero-order chi connectivity index (χ0) is 17.8. The van der Waals surface area contributed by atoms with Gasteiger partial charge in [-0.25, -0.2) is 0 Å². The quantitative estimate of drug-likeness (QED) is 0.874. The van der Waals surface area contributed by atoms with Crippen molar-refractivity contribution in [2.24, 2.45) is 5.92 Å². The van der Waals surface area contributed by atoms with Gasteiger partial charge in [-0.15, -0.1) is 0 Å². The molecule has 0 bridgehead atoms. The molecule has 6 nitrogen and oxygen atoms in total. The van der Waals surface area contributed by atoms with Gasteiger partial charge in [-0.05, 0) is 12.0 Å². The van der Waals surface area contributed by atoms with Crippen LogP contribution >= 0.6 is 0 Å². The van der Waals surface area contributed by atoms with Crippen LogP contribution in [0.25, 0.3) is 0 Å². The summed E-state index contributed by atoms with van der Waals surface area (Å²) in [6.45, 7) is 4.10. The second-order valence-corrected chi connectivity index (χ2v) is 7.06. The van der Waals surface area contributed by atoms with Crippen molar-refractivity contribution in [3.05, 3.63) is 35.9 Å². The van der Waals surface area contributed by atoms with Crippen molar-refractivity contribution in [3.8, 4) is 0 Å². The van der Waals surface area contributed by atoms with Crippen LogP contribution in [0.5, 0.6) is 0 Å². The minimum atomic E-state index is -0.505. The Morgan fingerprint density at radius 3 is 2.48 bits per heavy atom. The molecule has 3 rings (SSSR count). The molecule has 2 heterocycles. The van der Waals surface area contributed by atoms with E-state index < -0.39 is 6.10 Å². The molecule has 0 unspecified atom stereocenters. The van der Waals surface area contributed by atoms with Crippen LogP contribution in [0, 0.1) is 5.92 Å². The number of nitrogens with zero attached hydrogens (tertiary/aromatic N) is 3. The molecule has 0 saturated carbocycles. The van der Waals surface area contributed by atoms with Crippen LogP contribution in [0.4, 0.5) is 0 Å². The number of aliphatic hydroxyl groups excluding tert-OH is 1. The maximum Gasteiger partial charge on any atom is 0.226 e. The Kier molecular flexibility index (Phi) is 5.71. The minimum Gasteiger partial charge on any atom is -0.387 e. The summed E-state index contributed by atoms with van der Waals surface area (Å²) in [5.74, 6) is 0.0177. The van der Waals surface area contributed by atoms with Crippen LogP contribution in [0.15, 0.2) is 30.3 Å². The van der Waals surface area contributed by atoms with Gasteiger partial charge in [-0.2, -0.15) is 0 Å². The van der Waals surface area contributed by atoms with E-state index in [1.807, 2.05) is 35.2 Å². The molecule has 2 aliphatic heterocycles. The fourth-order valence-electron chi connectivity index (χ4n) is 3.59. The second-order valence-electron chi connectivity index (χ2n) is 7.06. The van der Waals surface area contributed by atoms with Crippen molar-refractivity contribution in [2.75, 3.05) is 46.3 Å². The van der Waals surface area contributed by atoms with Gasteiger partial charge in [0.05, 0.1) is 6.10 Å². The van der Waals surface area contributed by atoms with E-state index in [4.69, 9.17) is 0 Å². The van der Waals surface area contributed by atoms with E-state index in [0.717, 1.165) is 25.1 Å². The van der Waals surface area contributed by atoms with Gasteiger partial charge in [-0.1, -0.05) is 30.3 Å². The van der Waals surface area contributed by atoms with Crippen molar-refractivity contribution in [1.82, 2.24) is 14.7 Å². The Bertz CT molecular complexity index is 599. The van der Waals surface area contributed by atoms with E-state index in [2.05, 4.69) is 4.90 Å². The third kappa shape index (κ3) is 4.38. The fraction of sp³-hybridized carbons (Fsp3) is 0.579.